The van der Waals surface area contributed by atoms with E-state index >= 15 is 0 Å². The predicted octanol–water partition coefficient (Wildman–Crippen LogP) is 1.13. The van der Waals surface area contributed by atoms with Gasteiger partial charge in [0.25, 0.3) is 0 Å². The number of rotatable bonds is 0. The van der Waals surface area contributed by atoms with Crippen molar-refractivity contribution in [3.63, 3.8) is 0 Å². The monoisotopic (exact) mass is 111 g/mol. The summed E-state index contributed by atoms with van der Waals surface area (Å²) in [7, 11) is 0. The lowest BCUT2D eigenvalue weighted by atomic mass is 9.98. The van der Waals surface area contributed by atoms with Crippen molar-refractivity contribution in [2.24, 2.45) is 17.6 Å². The molecule has 0 radical (unpaired) electrons. The van der Waals surface area contributed by atoms with Crippen molar-refractivity contribution >= 4 is 0 Å². The topological polar surface area (TPSA) is 26.0 Å². The summed E-state index contributed by atoms with van der Waals surface area (Å²) in [5, 5.41) is 0. The molecule has 0 aromatic rings. The van der Waals surface area contributed by atoms with Crippen molar-refractivity contribution in [1.82, 2.24) is 0 Å². The highest BCUT2D eigenvalue weighted by Gasteiger charge is 2.52. The van der Waals surface area contributed by atoms with Gasteiger partial charge < -0.3 is 5.73 Å². The fraction of sp³-hybridized carbons (Fsp3) is 1.00. The molecule has 1 nitrogen and oxygen atoms in total. The number of fused-ring (bicyclic) bond motifs is 1. The number of hydrogen-bond acceptors (Lipinski definition) is 1. The summed E-state index contributed by atoms with van der Waals surface area (Å²) in [5.41, 5.74) is 6.19. The second-order valence-corrected chi connectivity index (χ2v) is 3.65. The molecule has 2 rings (SSSR count). The zero-order valence-corrected chi connectivity index (χ0v) is 5.35. The molecule has 0 heterocycles. The van der Waals surface area contributed by atoms with Gasteiger partial charge in [-0.2, -0.15) is 0 Å². The molecule has 1 heteroatoms. The molecule has 0 saturated heterocycles. The number of nitrogens with two attached hydrogens (primary N) is 1. The smallest absolute Gasteiger partial charge is 0.0157 e. The van der Waals surface area contributed by atoms with E-state index in [0.717, 1.165) is 11.8 Å². The van der Waals surface area contributed by atoms with E-state index in [1.807, 2.05) is 0 Å². The third-order valence-corrected chi connectivity index (χ3v) is 2.82. The molecule has 2 aliphatic carbocycles. The molecule has 0 bridgehead atoms. The Labute approximate surface area is 50.3 Å². The lowest BCUT2D eigenvalue weighted by Crippen LogP contribution is -2.35. The van der Waals surface area contributed by atoms with E-state index in [1.54, 1.807) is 0 Å². The van der Waals surface area contributed by atoms with Gasteiger partial charge in [0.1, 0.15) is 0 Å². The van der Waals surface area contributed by atoms with E-state index in [0.29, 0.717) is 0 Å². The van der Waals surface area contributed by atoms with Gasteiger partial charge in [0.15, 0.2) is 0 Å². The van der Waals surface area contributed by atoms with Crippen molar-refractivity contribution in [1.29, 1.82) is 0 Å². The van der Waals surface area contributed by atoms with Gasteiger partial charge in [-0.15, -0.1) is 0 Å². The molecular weight excluding hydrogens is 98.1 g/mol. The SMILES string of the molecule is C[C@]1(N)CC[C@H]2C[C@H]21. The fourth-order valence-corrected chi connectivity index (χ4v) is 2.06. The second kappa shape index (κ2) is 1.10. The van der Waals surface area contributed by atoms with Crippen LogP contribution in [0.5, 0.6) is 0 Å². The molecule has 0 spiro atoms. The molecule has 0 aliphatic heterocycles. The predicted molar refractivity (Wildman–Crippen MR) is 33.4 cm³/mol. The van der Waals surface area contributed by atoms with Crippen LogP contribution in [-0.2, 0) is 0 Å². The van der Waals surface area contributed by atoms with Gasteiger partial charge in [0.2, 0.25) is 0 Å². The lowest BCUT2D eigenvalue weighted by Gasteiger charge is -2.18. The lowest BCUT2D eigenvalue weighted by molar-refractivity contribution is 0.425. The minimum Gasteiger partial charge on any atom is -0.325 e. The molecular formula is C7H13N. The fourth-order valence-electron chi connectivity index (χ4n) is 2.06. The first kappa shape index (κ1) is 4.80. The molecule has 46 valence electrons. The summed E-state index contributed by atoms with van der Waals surface area (Å²) in [4.78, 5) is 0. The summed E-state index contributed by atoms with van der Waals surface area (Å²) < 4.78 is 0. The molecule has 2 saturated carbocycles. The van der Waals surface area contributed by atoms with Gasteiger partial charge in [-0.3, -0.25) is 0 Å². The highest BCUT2D eigenvalue weighted by molar-refractivity contribution is 5.07. The van der Waals surface area contributed by atoms with Crippen LogP contribution >= 0.6 is 0 Å². The summed E-state index contributed by atoms with van der Waals surface area (Å²) in [6.07, 6.45) is 4.09. The summed E-state index contributed by atoms with van der Waals surface area (Å²) in [5.74, 6) is 1.94. The van der Waals surface area contributed by atoms with E-state index in [2.05, 4.69) is 6.92 Å². The Morgan fingerprint density at radius 1 is 1.62 bits per heavy atom. The Kier molecular flexibility index (Phi) is 0.663. The van der Waals surface area contributed by atoms with Gasteiger partial charge in [-0.25, -0.2) is 0 Å². The molecule has 3 atom stereocenters. The zero-order valence-electron chi connectivity index (χ0n) is 5.35. The van der Waals surface area contributed by atoms with Crippen LogP contribution in [0.4, 0.5) is 0 Å². The van der Waals surface area contributed by atoms with Gasteiger partial charge in [0, 0.05) is 5.54 Å². The molecule has 0 amide bonds. The summed E-state index contributed by atoms with van der Waals surface area (Å²) >= 11 is 0. The van der Waals surface area contributed by atoms with Crippen molar-refractivity contribution in [3.8, 4) is 0 Å². The van der Waals surface area contributed by atoms with E-state index in [1.165, 1.54) is 19.3 Å². The standard InChI is InChI=1S/C7H13N/c1-7(8)3-2-5-4-6(5)7/h5-6H,2-4,8H2,1H3/t5-,6+,7-/m0/s1. The van der Waals surface area contributed by atoms with E-state index in [4.69, 9.17) is 5.73 Å². The maximum absolute atomic E-state index is 5.96. The quantitative estimate of drug-likeness (QED) is 0.498. The molecule has 0 aromatic heterocycles. The maximum atomic E-state index is 5.96. The minimum absolute atomic E-state index is 0.227. The van der Waals surface area contributed by atoms with Crippen LogP contribution in [0.15, 0.2) is 0 Å². The third-order valence-electron chi connectivity index (χ3n) is 2.82. The van der Waals surface area contributed by atoms with Gasteiger partial charge >= 0.3 is 0 Å². The van der Waals surface area contributed by atoms with Crippen molar-refractivity contribution in [2.75, 3.05) is 0 Å². The Morgan fingerprint density at radius 3 is 2.50 bits per heavy atom. The van der Waals surface area contributed by atoms with Crippen LogP contribution in [0.3, 0.4) is 0 Å². The van der Waals surface area contributed by atoms with Crippen LogP contribution < -0.4 is 5.73 Å². The van der Waals surface area contributed by atoms with Gasteiger partial charge in [-0.05, 0) is 38.0 Å². The molecule has 0 unspecified atom stereocenters. The average molecular weight is 111 g/mol. The first-order chi connectivity index (χ1) is 3.70. The average Bonchev–Trinajstić information content (AvgIpc) is 2.34. The van der Waals surface area contributed by atoms with Crippen LogP contribution in [0.25, 0.3) is 0 Å². The summed E-state index contributed by atoms with van der Waals surface area (Å²) in [6.45, 7) is 2.20. The first-order valence-corrected chi connectivity index (χ1v) is 3.49. The van der Waals surface area contributed by atoms with Crippen molar-refractivity contribution < 1.29 is 0 Å². The minimum atomic E-state index is 0.227. The summed E-state index contributed by atoms with van der Waals surface area (Å²) in [6, 6.07) is 0. The molecule has 8 heavy (non-hydrogen) atoms. The van der Waals surface area contributed by atoms with Crippen LogP contribution in [-0.4, -0.2) is 5.54 Å². The molecule has 2 fully saturated rings. The van der Waals surface area contributed by atoms with Crippen molar-refractivity contribution in [2.45, 2.75) is 31.7 Å². The number of hydrogen-bond donors (Lipinski definition) is 1. The first-order valence-electron chi connectivity index (χ1n) is 3.49. The van der Waals surface area contributed by atoms with Crippen LogP contribution in [0, 0.1) is 11.8 Å². The zero-order chi connectivity index (χ0) is 5.78. The second-order valence-electron chi connectivity index (χ2n) is 3.65. The largest absolute Gasteiger partial charge is 0.325 e. The van der Waals surface area contributed by atoms with Crippen LogP contribution in [0.2, 0.25) is 0 Å². The van der Waals surface area contributed by atoms with E-state index < -0.39 is 0 Å². The Bertz CT molecular complexity index is 118. The van der Waals surface area contributed by atoms with Gasteiger partial charge in [-0.1, -0.05) is 0 Å². The molecule has 2 aliphatic rings. The van der Waals surface area contributed by atoms with E-state index in [9.17, 15) is 0 Å². The Morgan fingerprint density at radius 2 is 2.38 bits per heavy atom. The maximum Gasteiger partial charge on any atom is 0.0157 e. The highest BCUT2D eigenvalue weighted by atomic mass is 14.8. The Balaban J connectivity index is 2.17. The normalized spacial score (nSPS) is 60.8. The molecule has 2 N–H and O–H groups in total. The van der Waals surface area contributed by atoms with Gasteiger partial charge in [0.05, 0.1) is 0 Å². The Hall–Kier alpha value is -0.0400. The van der Waals surface area contributed by atoms with E-state index in [-0.39, 0.29) is 5.54 Å². The van der Waals surface area contributed by atoms with Crippen LogP contribution in [0.1, 0.15) is 26.2 Å². The van der Waals surface area contributed by atoms with Crippen molar-refractivity contribution in [3.05, 3.63) is 0 Å². The highest BCUT2D eigenvalue weighted by Crippen LogP contribution is 2.55. The molecule has 0 aromatic carbocycles. The third kappa shape index (κ3) is 0.455.